The standard InChI is InChI=1S/C27H21FN4O6S/c1-13-29-22-16(26(36)32(13)19-10-11-20(33)31-24(19)34)4-3-5-18(22)30-25(35)23-21(27(37)38-2)17(12-39-23)14-6-8-15(28)9-7-14/h3-9,12,19H,10-11H2,1-2H3,(H,30,35)(H,31,33,34). The third kappa shape index (κ3) is 4.70. The first-order valence-electron chi connectivity index (χ1n) is 11.8. The molecule has 0 spiro atoms. The number of hydrogen-bond donors (Lipinski definition) is 2. The van der Waals surface area contributed by atoms with E-state index in [9.17, 15) is 28.4 Å². The summed E-state index contributed by atoms with van der Waals surface area (Å²) in [5, 5.41) is 6.75. The predicted octanol–water partition coefficient (Wildman–Crippen LogP) is 3.59. The molecular formula is C27H21FN4O6S. The number of anilines is 1. The molecule has 3 heterocycles. The summed E-state index contributed by atoms with van der Waals surface area (Å²) in [6, 6.07) is 9.26. The number of aryl methyl sites for hydroxylation is 1. The van der Waals surface area contributed by atoms with Gasteiger partial charge in [-0.3, -0.25) is 29.1 Å². The van der Waals surface area contributed by atoms with E-state index in [1.165, 1.54) is 42.0 Å². The van der Waals surface area contributed by atoms with Gasteiger partial charge in [0.1, 0.15) is 28.1 Å². The number of imide groups is 1. The Balaban J connectivity index is 1.54. The summed E-state index contributed by atoms with van der Waals surface area (Å²) in [5.74, 6) is -2.55. The van der Waals surface area contributed by atoms with E-state index in [0.717, 1.165) is 11.3 Å². The maximum Gasteiger partial charge on any atom is 0.340 e. The number of nitrogens with zero attached hydrogens (tertiary/aromatic N) is 2. The number of piperidine rings is 1. The van der Waals surface area contributed by atoms with Crippen LogP contribution in [0.5, 0.6) is 0 Å². The number of ether oxygens (including phenoxy) is 1. The lowest BCUT2D eigenvalue weighted by atomic mass is 10.0. The largest absolute Gasteiger partial charge is 0.465 e. The van der Waals surface area contributed by atoms with Gasteiger partial charge in [0.05, 0.1) is 23.7 Å². The first-order valence-corrected chi connectivity index (χ1v) is 12.7. The molecule has 10 nitrogen and oxygen atoms in total. The van der Waals surface area contributed by atoms with Crippen molar-refractivity contribution in [3.8, 4) is 11.1 Å². The molecule has 1 aliphatic rings. The van der Waals surface area contributed by atoms with Crippen molar-refractivity contribution in [1.82, 2.24) is 14.9 Å². The minimum atomic E-state index is -0.885. The minimum Gasteiger partial charge on any atom is -0.465 e. The first kappa shape index (κ1) is 25.9. The van der Waals surface area contributed by atoms with Crippen LogP contribution in [0, 0.1) is 12.7 Å². The van der Waals surface area contributed by atoms with Crippen molar-refractivity contribution in [3.63, 3.8) is 0 Å². The Bertz CT molecular complexity index is 1730. The molecule has 198 valence electrons. The van der Waals surface area contributed by atoms with Crippen molar-refractivity contribution < 1.29 is 28.3 Å². The molecule has 2 aromatic heterocycles. The van der Waals surface area contributed by atoms with Gasteiger partial charge in [-0.2, -0.15) is 0 Å². The average Bonchev–Trinajstić information content (AvgIpc) is 3.36. The highest BCUT2D eigenvalue weighted by molar-refractivity contribution is 7.13. The van der Waals surface area contributed by atoms with E-state index in [0.29, 0.717) is 11.1 Å². The number of methoxy groups -OCH3 is 1. The van der Waals surface area contributed by atoms with Crippen LogP contribution in [0.4, 0.5) is 10.1 Å². The molecule has 0 saturated carbocycles. The Labute approximate surface area is 224 Å². The smallest absolute Gasteiger partial charge is 0.340 e. The van der Waals surface area contributed by atoms with Gasteiger partial charge in [0.25, 0.3) is 11.5 Å². The highest BCUT2D eigenvalue weighted by atomic mass is 32.1. The topological polar surface area (TPSA) is 136 Å². The van der Waals surface area contributed by atoms with Crippen LogP contribution in [0.25, 0.3) is 22.0 Å². The summed E-state index contributed by atoms with van der Waals surface area (Å²) in [6.45, 7) is 1.56. The zero-order chi connectivity index (χ0) is 27.8. The molecule has 1 fully saturated rings. The van der Waals surface area contributed by atoms with Crippen LogP contribution in [0.2, 0.25) is 0 Å². The Morgan fingerprint density at radius 2 is 1.90 bits per heavy atom. The highest BCUT2D eigenvalue weighted by Gasteiger charge is 2.31. The molecule has 5 rings (SSSR count). The van der Waals surface area contributed by atoms with E-state index >= 15 is 0 Å². The molecule has 2 N–H and O–H groups in total. The summed E-state index contributed by atoms with van der Waals surface area (Å²) in [4.78, 5) is 68.0. The van der Waals surface area contributed by atoms with Gasteiger partial charge < -0.3 is 10.1 Å². The van der Waals surface area contributed by atoms with E-state index < -0.39 is 41.1 Å². The lowest BCUT2D eigenvalue weighted by Gasteiger charge is -2.24. The van der Waals surface area contributed by atoms with E-state index in [4.69, 9.17) is 4.74 Å². The Morgan fingerprint density at radius 1 is 1.15 bits per heavy atom. The SMILES string of the molecule is COC(=O)c1c(-c2ccc(F)cc2)csc1C(=O)Nc1cccc2c(=O)n(C3CCC(=O)NC3=O)c(C)nc12. The van der Waals surface area contributed by atoms with Crippen LogP contribution >= 0.6 is 11.3 Å². The molecule has 3 amide bonds. The molecule has 39 heavy (non-hydrogen) atoms. The summed E-state index contributed by atoms with van der Waals surface area (Å²) in [5.41, 5.74) is 0.899. The van der Waals surface area contributed by atoms with Crippen molar-refractivity contribution in [3.05, 3.63) is 80.3 Å². The van der Waals surface area contributed by atoms with E-state index in [1.807, 2.05) is 0 Å². The number of halogens is 1. The zero-order valence-electron chi connectivity index (χ0n) is 20.7. The number of rotatable bonds is 5. The van der Waals surface area contributed by atoms with Crippen molar-refractivity contribution in [2.45, 2.75) is 25.8 Å². The van der Waals surface area contributed by atoms with Crippen LogP contribution in [0.3, 0.4) is 0 Å². The van der Waals surface area contributed by atoms with Gasteiger partial charge in [-0.15, -0.1) is 11.3 Å². The number of hydrogen-bond acceptors (Lipinski definition) is 8. The molecule has 0 radical (unpaired) electrons. The fourth-order valence-electron chi connectivity index (χ4n) is 4.58. The number of carbonyl (C=O) groups excluding carboxylic acids is 4. The average molecular weight is 549 g/mol. The molecule has 12 heteroatoms. The third-order valence-corrected chi connectivity index (χ3v) is 7.40. The van der Waals surface area contributed by atoms with Gasteiger partial charge in [-0.05, 0) is 43.2 Å². The monoisotopic (exact) mass is 548 g/mol. The number of thiophene rings is 1. The second-order valence-electron chi connectivity index (χ2n) is 8.81. The maximum atomic E-state index is 13.4. The van der Waals surface area contributed by atoms with Gasteiger partial charge in [-0.25, -0.2) is 14.2 Å². The number of benzene rings is 2. The van der Waals surface area contributed by atoms with Crippen LogP contribution in [0.1, 0.15) is 44.7 Å². The zero-order valence-corrected chi connectivity index (χ0v) is 21.6. The second-order valence-corrected chi connectivity index (χ2v) is 9.69. The Kier molecular flexibility index (Phi) is 6.79. The lowest BCUT2D eigenvalue weighted by Crippen LogP contribution is -2.45. The minimum absolute atomic E-state index is 0.0243. The molecule has 2 aromatic carbocycles. The van der Waals surface area contributed by atoms with Crippen molar-refractivity contribution in [2.75, 3.05) is 12.4 Å². The Hall–Kier alpha value is -4.71. The quantitative estimate of drug-likeness (QED) is 0.287. The molecule has 1 saturated heterocycles. The highest BCUT2D eigenvalue weighted by Crippen LogP contribution is 2.33. The number of nitrogens with one attached hydrogen (secondary N) is 2. The van der Waals surface area contributed by atoms with Crippen LogP contribution in [-0.2, 0) is 14.3 Å². The van der Waals surface area contributed by atoms with E-state index in [-0.39, 0.29) is 45.7 Å². The number of para-hydroxylation sites is 1. The number of carbonyl (C=O) groups is 4. The predicted molar refractivity (Wildman–Crippen MR) is 141 cm³/mol. The van der Waals surface area contributed by atoms with Crippen molar-refractivity contribution in [1.29, 1.82) is 0 Å². The number of esters is 1. The van der Waals surface area contributed by atoms with Gasteiger partial charge >= 0.3 is 5.97 Å². The van der Waals surface area contributed by atoms with Gasteiger partial charge in [0, 0.05) is 17.4 Å². The number of aromatic nitrogens is 2. The lowest BCUT2D eigenvalue weighted by molar-refractivity contribution is -0.135. The Morgan fingerprint density at radius 3 is 2.59 bits per heavy atom. The summed E-state index contributed by atoms with van der Waals surface area (Å²) in [6.07, 6.45) is 0.264. The fourth-order valence-corrected chi connectivity index (χ4v) is 5.53. The van der Waals surface area contributed by atoms with E-state index in [2.05, 4.69) is 15.6 Å². The molecular weight excluding hydrogens is 527 g/mol. The molecule has 0 bridgehead atoms. The van der Waals surface area contributed by atoms with Gasteiger partial charge in [0.2, 0.25) is 11.8 Å². The fraction of sp³-hybridized carbons (Fsp3) is 0.185. The summed E-state index contributed by atoms with van der Waals surface area (Å²) >= 11 is 1.01. The van der Waals surface area contributed by atoms with Gasteiger partial charge in [-0.1, -0.05) is 18.2 Å². The first-order chi connectivity index (χ1) is 18.7. The normalized spacial score (nSPS) is 15.2. The molecule has 1 aliphatic heterocycles. The van der Waals surface area contributed by atoms with Gasteiger partial charge in [0.15, 0.2) is 0 Å². The third-order valence-electron chi connectivity index (χ3n) is 6.42. The molecule has 4 aromatic rings. The van der Waals surface area contributed by atoms with Crippen molar-refractivity contribution >= 4 is 51.6 Å². The van der Waals surface area contributed by atoms with Crippen LogP contribution in [0.15, 0.2) is 52.6 Å². The molecule has 1 atom stereocenters. The molecule has 1 unspecified atom stereocenters. The second kappa shape index (κ2) is 10.2. The summed E-state index contributed by atoms with van der Waals surface area (Å²) < 4.78 is 19.6. The van der Waals surface area contributed by atoms with Crippen molar-refractivity contribution in [2.24, 2.45) is 0 Å². The maximum absolute atomic E-state index is 13.4. The molecule has 0 aliphatic carbocycles. The van der Waals surface area contributed by atoms with Crippen LogP contribution < -0.4 is 16.2 Å². The van der Waals surface area contributed by atoms with E-state index in [1.54, 1.807) is 24.4 Å². The number of fused-ring (bicyclic) bond motifs is 1. The van der Waals surface area contributed by atoms with Crippen LogP contribution in [-0.4, -0.2) is 40.4 Å². The number of amides is 3. The summed E-state index contributed by atoms with van der Waals surface area (Å²) in [7, 11) is 1.20.